The van der Waals surface area contributed by atoms with Gasteiger partial charge in [-0.05, 0) is 38.5 Å². The molecule has 1 aromatic heterocycles. The summed E-state index contributed by atoms with van der Waals surface area (Å²) in [5.41, 5.74) is 2.45. The second-order valence-electron chi connectivity index (χ2n) is 41.3. The number of ether oxygens (including phenoxy) is 6. The smallest absolute Gasteiger partial charge is 0.232 e. The summed E-state index contributed by atoms with van der Waals surface area (Å²) in [5.74, 6) is 5.63. The van der Waals surface area contributed by atoms with E-state index in [9.17, 15) is 0 Å². The van der Waals surface area contributed by atoms with E-state index in [0.29, 0.717) is 91.9 Å². The molecule has 11 heteroatoms. The van der Waals surface area contributed by atoms with Crippen LogP contribution in [0.4, 0.5) is 23.3 Å². The molecular formula is C123H221N5O6. The standard InChI is InChI=1S/C123H221N5O6/c1-7-13-19-25-31-37-43-49-55-61-67-73-79-85-94-102-129-115-108-113(109-116(130-103-95-86-80-74-68-62-56-50-44-38-32-26-20-14-8-2)119(115)133-106-98-89-83-77-71-65-59-53-47-41-35-29-23-17-11-5)124-122-126-121(112-100-92-91-93-101-112)127-123(128-122)125-114-110-117(131-104-96-87-81-75-69-63-57-51-45-39-33-27-21-15-9-3)120(134-107-99-90-84-78-72-66-60-54-48-42-36-30-24-18-12-6)118(111-114)132-105-97-88-82-76-70-64-58-52-46-40-34-28-22-16-10-4/h91-93,100-101,108-111H,7-90,94-99,102-107H2,1-6H3,(H2,124,125,126,127,128). The van der Waals surface area contributed by atoms with Crippen molar-refractivity contribution in [3.63, 3.8) is 0 Å². The lowest BCUT2D eigenvalue weighted by atomic mass is 10.0. The summed E-state index contributed by atoms with van der Waals surface area (Å²) in [5, 5.41) is 7.48. The van der Waals surface area contributed by atoms with Crippen molar-refractivity contribution in [1.29, 1.82) is 0 Å². The zero-order chi connectivity index (χ0) is 95.0. The maximum Gasteiger partial charge on any atom is 0.232 e. The zero-order valence-corrected chi connectivity index (χ0v) is 89.9. The lowest BCUT2D eigenvalue weighted by Crippen LogP contribution is -2.09. The Kier molecular flexibility index (Phi) is 86.6. The summed E-state index contributed by atoms with van der Waals surface area (Å²) in [6.45, 7) is 17.5. The minimum Gasteiger partial charge on any atom is -0.489 e. The largest absolute Gasteiger partial charge is 0.489 e. The second-order valence-corrected chi connectivity index (χ2v) is 41.3. The Morgan fingerprint density at radius 3 is 0.485 bits per heavy atom. The Morgan fingerprint density at radius 1 is 0.172 bits per heavy atom. The van der Waals surface area contributed by atoms with Gasteiger partial charge in [0.15, 0.2) is 28.8 Å². The first-order valence-electron chi connectivity index (χ1n) is 60.0. The van der Waals surface area contributed by atoms with Crippen LogP contribution in [-0.4, -0.2) is 54.6 Å². The van der Waals surface area contributed by atoms with E-state index in [0.717, 1.165) is 94.0 Å². The molecule has 0 aliphatic carbocycles. The average molecular weight is 1870 g/mol. The molecule has 0 amide bonds. The fourth-order valence-electron chi connectivity index (χ4n) is 19.4. The Labute approximate surface area is 831 Å². The van der Waals surface area contributed by atoms with Crippen molar-refractivity contribution in [2.45, 2.75) is 619 Å². The highest BCUT2D eigenvalue weighted by Gasteiger charge is 2.22. The van der Waals surface area contributed by atoms with Crippen molar-refractivity contribution in [3.8, 4) is 45.9 Å². The van der Waals surface area contributed by atoms with E-state index in [1.54, 1.807) is 0 Å². The van der Waals surface area contributed by atoms with Gasteiger partial charge in [-0.15, -0.1) is 0 Å². The lowest BCUT2D eigenvalue weighted by molar-refractivity contribution is 0.234. The second kappa shape index (κ2) is 95.6. The van der Waals surface area contributed by atoms with Crippen LogP contribution in [0, 0.1) is 0 Å². The van der Waals surface area contributed by atoms with Crippen LogP contribution in [-0.2, 0) is 0 Å². The molecule has 4 aromatic rings. The summed E-state index contributed by atoms with van der Waals surface area (Å²) < 4.78 is 42.0. The number of aromatic nitrogens is 3. The van der Waals surface area contributed by atoms with Gasteiger partial charge in [-0.25, -0.2) is 0 Å². The van der Waals surface area contributed by atoms with E-state index in [-0.39, 0.29) is 0 Å². The molecule has 0 unspecified atom stereocenters. The van der Waals surface area contributed by atoms with Gasteiger partial charge in [0.1, 0.15) is 0 Å². The predicted octanol–water partition coefficient (Wildman–Crippen LogP) is 42.5. The van der Waals surface area contributed by atoms with Crippen LogP contribution in [0.25, 0.3) is 11.4 Å². The fourth-order valence-corrected chi connectivity index (χ4v) is 19.4. The van der Waals surface area contributed by atoms with Crippen LogP contribution in [0.1, 0.15) is 619 Å². The summed E-state index contributed by atoms with van der Waals surface area (Å²) in [6, 6.07) is 18.8. The van der Waals surface area contributed by atoms with Gasteiger partial charge in [0.25, 0.3) is 0 Å². The van der Waals surface area contributed by atoms with Crippen LogP contribution in [0.3, 0.4) is 0 Å². The topological polar surface area (TPSA) is 118 Å². The SMILES string of the molecule is CCCCCCCCCCCCCCCCCOc1cc(Nc2nc(Nc3cc(OCCCCCCCCCCCCCCCCC)c(OCCCCCCCCCCCCCCCCC)c(OCCCCCCCCCCCCCCCCC)c3)nc(-c3ccccc3)n2)cc(OCCCCCCCCCCCCCCCCC)c1OCCCCCCCCCCCCCCCCC. The Balaban J connectivity index is 1.67. The number of nitrogens with zero attached hydrogens (tertiary/aromatic N) is 3. The third-order valence-corrected chi connectivity index (χ3v) is 28.2. The highest BCUT2D eigenvalue weighted by atomic mass is 16.5. The van der Waals surface area contributed by atoms with Gasteiger partial charge < -0.3 is 39.1 Å². The Bertz CT molecular complexity index is 2800. The third-order valence-electron chi connectivity index (χ3n) is 28.2. The highest BCUT2D eigenvalue weighted by molar-refractivity contribution is 5.70. The molecule has 3 aromatic carbocycles. The molecule has 4 rings (SSSR count). The molecule has 0 saturated carbocycles. The quantitative estimate of drug-likeness (QED) is 0.0412. The van der Waals surface area contributed by atoms with Crippen molar-refractivity contribution in [2.24, 2.45) is 0 Å². The first-order valence-corrected chi connectivity index (χ1v) is 60.0. The Hall–Kier alpha value is -4.93. The molecule has 0 aliphatic rings. The lowest BCUT2D eigenvalue weighted by Gasteiger charge is -2.20. The van der Waals surface area contributed by atoms with E-state index in [1.807, 2.05) is 0 Å². The average Bonchev–Trinajstić information content (AvgIpc) is 0.804. The van der Waals surface area contributed by atoms with E-state index in [2.05, 4.69) is 107 Å². The molecule has 11 nitrogen and oxygen atoms in total. The highest BCUT2D eigenvalue weighted by Crippen LogP contribution is 2.45. The number of benzene rings is 3. The van der Waals surface area contributed by atoms with Crippen molar-refractivity contribution >= 4 is 23.3 Å². The summed E-state index contributed by atoms with van der Waals surface area (Å²) in [4.78, 5) is 15.8. The molecule has 0 atom stereocenters. The van der Waals surface area contributed by atoms with E-state index in [4.69, 9.17) is 43.4 Å². The number of hydrogen-bond acceptors (Lipinski definition) is 11. The Morgan fingerprint density at radius 2 is 0.321 bits per heavy atom. The monoisotopic (exact) mass is 1860 g/mol. The molecule has 774 valence electrons. The molecule has 0 bridgehead atoms. The van der Waals surface area contributed by atoms with Crippen LogP contribution < -0.4 is 39.1 Å². The van der Waals surface area contributed by atoms with Crippen LogP contribution >= 0.6 is 0 Å². The van der Waals surface area contributed by atoms with Crippen molar-refractivity contribution < 1.29 is 28.4 Å². The number of rotatable bonds is 107. The van der Waals surface area contributed by atoms with Crippen molar-refractivity contribution in [3.05, 3.63) is 54.6 Å². The van der Waals surface area contributed by atoms with Crippen LogP contribution in [0.5, 0.6) is 34.5 Å². The van der Waals surface area contributed by atoms with Crippen LogP contribution in [0.2, 0.25) is 0 Å². The molecule has 134 heavy (non-hydrogen) atoms. The molecule has 0 radical (unpaired) electrons. The van der Waals surface area contributed by atoms with Gasteiger partial charge in [0.2, 0.25) is 23.4 Å². The molecule has 0 aliphatic heterocycles. The van der Waals surface area contributed by atoms with E-state index >= 15 is 0 Å². The normalized spacial score (nSPS) is 11.5. The minimum atomic E-state index is 0.410. The number of anilines is 4. The van der Waals surface area contributed by atoms with Crippen molar-refractivity contribution in [1.82, 2.24) is 15.0 Å². The van der Waals surface area contributed by atoms with E-state index < -0.39 is 0 Å². The number of unbranched alkanes of at least 4 members (excludes halogenated alkanes) is 84. The zero-order valence-electron chi connectivity index (χ0n) is 89.9. The summed E-state index contributed by atoms with van der Waals surface area (Å²) in [6.07, 6.45) is 119. The first kappa shape index (κ1) is 121. The fraction of sp³-hybridized carbons (Fsp3) is 0.829. The first-order chi connectivity index (χ1) is 66.5. The molecular weight excluding hydrogens is 1640 g/mol. The summed E-state index contributed by atoms with van der Waals surface area (Å²) >= 11 is 0. The van der Waals surface area contributed by atoms with Gasteiger partial charge in [-0.1, -0.05) is 611 Å². The number of nitrogens with one attached hydrogen (secondary N) is 2. The van der Waals surface area contributed by atoms with Crippen LogP contribution in [0.15, 0.2) is 54.6 Å². The van der Waals surface area contributed by atoms with Gasteiger partial charge in [0, 0.05) is 41.2 Å². The number of hydrogen-bond donors (Lipinski definition) is 2. The maximum atomic E-state index is 7.01. The van der Waals surface area contributed by atoms with Gasteiger partial charge in [0.05, 0.1) is 39.6 Å². The molecule has 0 fully saturated rings. The summed E-state index contributed by atoms with van der Waals surface area (Å²) in [7, 11) is 0. The molecule has 0 spiro atoms. The van der Waals surface area contributed by atoms with Gasteiger partial charge in [-0.3, -0.25) is 0 Å². The van der Waals surface area contributed by atoms with Gasteiger partial charge in [-0.2, -0.15) is 15.0 Å². The van der Waals surface area contributed by atoms with Crippen molar-refractivity contribution in [2.75, 3.05) is 50.3 Å². The minimum absolute atomic E-state index is 0.410. The molecule has 0 saturated heterocycles. The molecule has 2 N–H and O–H groups in total. The van der Waals surface area contributed by atoms with Gasteiger partial charge >= 0.3 is 0 Å². The van der Waals surface area contributed by atoms with E-state index in [1.165, 1.54) is 501 Å². The maximum absolute atomic E-state index is 7.01. The molecule has 1 heterocycles. The third kappa shape index (κ3) is 72.4. The predicted molar refractivity (Wildman–Crippen MR) is 587 cm³/mol.